The maximum Gasteiger partial charge on any atom is 0.224 e. The predicted octanol–water partition coefficient (Wildman–Crippen LogP) is 1.62. The summed E-state index contributed by atoms with van der Waals surface area (Å²) in [5, 5.41) is 6.14. The van der Waals surface area contributed by atoms with Crippen LogP contribution in [0.3, 0.4) is 0 Å². The van der Waals surface area contributed by atoms with Crippen LogP contribution in [-0.2, 0) is 4.79 Å². The van der Waals surface area contributed by atoms with E-state index in [1.165, 1.54) is 0 Å². The Bertz CT molecular complexity index is 471. The molecule has 1 unspecified atom stereocenters. The Balaban J connectivity index is 0.00000264. The normalized spacial score (nSPS) is 16.3. The minimum absolute atomic E-state index is 0. The standard InChI is InChI=1S/C16H24N2O4.ClH/c1-20-13-8-14(21-2)10-15(9-13)22-7-3-5-18-16(19)12-4-6-17-11-12;/h8-10,12,17H,3-7,11H2,1-2H3,(H,18,19);1H. The van der Waals surface area contributed by atoms with Gasteiger partial charge >= 0.3 is 0 Å². The molecule has 1 amide bonds. The topological polar surface area (TPSA) is 68.8 Å². The lowest BCUT2D eigenvalue weighted by atomic mass is 10.1. The molecular weight excluding hydrogens is 320 g/mol. The smallest absolute Gasteiger partial charge is 0.224 e. The van der Waals surface area contributed by atoms with E-state index in [4.69, 9.17) is 14.2 Å². The van der Waals surface area contributed by atoms with Crippen LogP contribution in [0.15, 0.2) is 18.2 Å². The number of carbonyl (C=O) groups excluding carboxylic acids is 1. The molecule has 0 aromatic heterocycles. The van der Waals surface area contributed by atoms with Gasteiger partial charge in [0.1, 0.15) is 17.2 Å². The second-order valence-corrected chi connectivity index (χ2v) is 5.23. The number of hydrogen-bond donors (Lipinski definition) is 2. The van der Waals surface area contributed by atoms with Crippen LogP contribution >= 0.6 is 12.4 Å². The molecule has 0 spiro atoms. The number of ether oxygens (including phenoxy) is 3. The van der Waals surface area contributed by atoms with Crippen LogP contribution in [0.2, 0.25) is 0 Å². The van der Waals surface area contributed by atoms with Crippen LogP contribution in [0.1, 0.15) is 12.8 Å². The summed E-state index contributed by atoms with van der Waals surface area (Å²) in [4.78, 5) is 11.8. The third kappa shape index (κ3) is 6.15. The summed E-state index contributed by atoms with van der Waals surface area (Å²) in [6, 6.07) is 5.42. The molecule has 1 saturated heterocycles. The largest absolute Gasteiger partial charge is 0.496 e. The number of carbonyl (C=O) groups is 1. The average molecular weight is 345 g/mol. The Kier molecular flexibility index (Phi) is 8.58. The van der Waals surface area contributed by atoms with Crippen LogP contribution in [0.5, 0.6) is 17.2 Å². The number of rotatable bonds is 8. The van der Waals surface area contributed by atoms with Gasteiger partial charge in [0.25, 0.3) is 0 Å². The maximum absolute atomic E-state index is 11.8. The Morgan fingerprint density at radius 1 is 1.22 bits per heavy atom. The number of hydrogen-bond acceptors (Lipinski definition) is 5. The zero-order chi connectivity index (χ0) is 15.8. The van der Waals surface area contributed by atoms with E-state index in [0.717, 1.165) is 25.9 Å². The molecule has 130 valence electrons. The van der Waals surface area contributed by atoms with Crippen molar-refractivity contribution < 1.29 is 19.0 Å². The van der Waals surface area contributed by atoms with Gasteiger partial charge in [0.2, 0.25) is 5.91 Å². The van der Waals surface area contributed by atoms with Crippen LogP contribution in [-0.4, -0.2) is 46.4 Å². The van der Waals surface area contributed by atoms with Gasteiger partial charge in [0.15, 0.2) is 0 Å². The molecule has 0 saturated carbocycles. The molecule has 0 bridgehead atoms. The minimum atomic E-state index is 0. The van der Waals surface area contributed by atoms with E-state index in [2.05, 4.69) is 10.6 Å². The third-order valence-electron chi connectivity index (χ3n) is 3.65. The zero-order valence-electron chi connectivity index (χ0n) is 13.6. The van der Waals surface area contributed by atoms with Crippen molar-refractivity contribution in [1.29, 1.82) is 0 Å². The molecule has 7 heteroatoms. The Labute approximate surface area is 143 Å². The molecule has 1 aliphatic heterocycles. The van der Waals surface area contributed by atoms with E-state index >= 15 is 0 Å². The van der Waals surface area contributed by atoms with Gasteiger partial charge in [-0.05, 0) is 19.4 Å². The lowest BCUT2D eigenvalue weighted by Gasteiger charge is -2.12. The average Bonchev–Trinajstić information content (AvgIpc) is 3.08. The van der Waals surface area contributed by atoms with Gasteiger partial charge in [0.05, 0.1) is 26.7 Å². The third-order valence-corrected chi connectivity index (χ3v) is 3.65. The highest BCUT2D eigenvalue weighted by Crippen LogP contribution is 2.27. The first-order valence-electron chi connectivity index (χ1n) is 7.57. The van der Waals surface area contributed by atoms with Gasteiger partial charge in [-0.3, -0.25) is 4.79 Å². The quantitative estimate of drug-likeness (QED) is 0.701. The summed E-state index contributed by atoms with van der Waals surface area (Å²) in [7, 11) is 3.21. The fourth-order valence-electron chi connectivity index (χ4n) is 2.36. The first kappa shape index (κ1) is 19.4. The van der Waals surface area contributed by atoms with Crippen LogP contribution < -0.4 is 24.8 Å². The SMILES string of the molecule is COc1cc(OC)cc(OCCCNC(=O)C2CCNC2)c1.Cl. The highest BCUT2D eigenvalue weighted by Gasteiger charge is 2.21. The van der Waals surface area contributed by atoms with Crippen molar-refractivity contribution in [2.24, 2.45) is 5.92 Å². The lowest BCUT2D eigenvalue weighted by Crippen LogP contribution is -2.33. The van der Waals surface area contributed by atoms with Gasteiger partial charge in [-0.25, -0.2) is 0 Å². The minimum Gasteiger partial charge on any atom is -0.496 e. The summed E-state index contributed by atoms with van der Waals surface area (Å²) in [6.07, 6.45) is 1.68. The van der Waals surface area contributed by atoms with E-state index in [1.807, 2.05) is 12.1 Å². The highest BCUT2D eigenvalue weighted by atomic mass is 35.5. The van der Waals surface area contributed by atoms with Crippen molar-refractivity contribution in [1.82, 2.24) is 10.6 Å². The van der Waals surface area contributed by atoms with Crippen molar-refractivity contribution in [3.8, 4) is 17.2 Å². The molecule has 23 heavy (non-hydrogen) atoms. The van der Waals surface area contributed by atoms with Crippen molar-refractivity contribution in [3.05, 3.63) is 18.2 Å². The van der Waals surface area contributed by atoms with Crippen LogP contribution in [0.25, 0.3) is 0 Å². The van der Waals surface area contributed by atoms with E-state index < -0.39 is 0 Å². The molecular formula is C16H25ClN2O4. The molecule has 1 aliphatic rings. The number of halogens is 1. The van der Waals surface area contributed by atoms with Gasteiger partial charge in [-0.2, -0.15) is 0 Å². The van der Waals surface area contributed by atoms with E-state index in [0.29, 0.717) is 30.4 Å². The molecule has 1 aromatic carbocycles. The molecule has 1 fully saturated rings. The van der Waals surface area contributed by atoms with Crippen molar-refractivity contribution in [2.45, 2.75) is 12.8 Å². The summed E-state index contributed by atoms with van der Waals surface area (Å²) in [6.45, 7) is 2.86. The van der Waals surface area contributed by atoms with E-state index in [-0.39, 0.29) is 24.2 Å². The summed E-state index contributed by atoms with van der Waals surface area (Å²) < 4.78 is 16.1. The van der Waals surface area contributed by atoms with Crippen molar-refractivity contribution in [3.63, 3.8) is 0 Å². The predicted molar refractivity (Wildman–Crippen MR) is 90.9 cm³/mol. The Hall–Kier alpha value is -1.66. The molecule has 0 radical (unpaired) electrons. The fraction of sp³-hybridized carbons (Fsp3) is 0.562. The first-order valence-corrected chi connectivity index (χ1v) is 7.57. The molecule has 2 rings (SSSR count). The van der Waals surface area contributed by atoms with Gasteiger partial charge < -0.3 is 24.8 Å². The van der Waals surface area contributed by atoms with Crippen molar-refractivity contribution in [2.75, 3.05) is 40.5 Å². The van der Waals surface area contributed by atoms with Gasteiger partial charge in [0, 0.05) is 31.3 Å². The summed E-state index contributed by atoms with van der Waals surface area (Å²) in [5.74, 6) is 2.33. The molecule has 1 heterocycles. The van der Waals surface area contributed by atoms with E-state index in [9.17, 15) is 4.79 Å². The summed E-state index contributed by atoms with van der Waals surface area (Å²) >= 11 is 0. The molecule has 1 aromatic rings. The second kappa shape index (κ2) is 10.2. The molecule has 2 N–H and O–H groups in total. The number of benzene rings is 1. The van der Waals surface area contributed by atoms with Crippen LogP contribution in [0.4, 0.5) is 0 Å². The molecule has 0 aliphatic carbocycles. The van der Waals surface area contributed by atoms with E-state index in [1.54, 1.807) is 20.3 Å². The van der Waals surface area contributed by atoms with Crippen molar-refractivity contribution >= 4 is 18.3 Å². The number of amides is 1. The Morgan fingerprint density at radius 3 is 2.43 bits per heavy atom. The first-order chi connectivity index (χ1) is 10.7. The maximum atomic E-state index is 11.8. The molecule has 1 atom stereocenters. The zero-order valence-corrected chi connectivity index (χ0v) is 14.4. The highest BCUT2D eigenvalue weighted by molar-refractivity contribution is 5.85. The fourth-order valence-corrected chi connectivity index (χ4v) is 2.36. The Morgan fingerprint density at radius 2 is 1.87 bits per heavy atom. The number of nitrogens with one attached hydrogen (secondary N) is 2. The molecule has 6 nitrogen and oxygen atoms in total. The van der Waals surface area contributed by atoms with Gasteiger partial charge in [-0.1, -0.05) is 0 Å². The lowest BCUT2D eigenvalue weighted by molar-refractivity contribution is -0.124. The summed E-state index contributed by atoms with van der Waals surface area (Å²) in [5.41, 5.74) is 0. The number of methoxy groups -OCH3 is 2. The van der Waals surface area contributed by atoms with Crippen LogP contribution in [0, 0.1) is 5.92 Å². The van der Waals surface area contributed by atoms with Gasteiger partial charge in [-0.15, -0.1) is 12.4 Å². The monoisotopic (exact) mass is 344 g/mol. The second-order valence-electron chi connectivity index (χ2n) is 5.23.